The van der Waals surface area contributed by atoms with Crippen LogP contribution in [-0.2, 0) is 28.6 Å². The Morgan fingerprint density at radius 1 is 0.815 bits per heavy atom. The maximum atomic E-state index is 12.2. The Hall–Kier alpha value is -2.01. The Morgan fingerprint density at radius 3 is 1.70 bits per heavy atom. The minimum Gasteiger partial charge on any atom is -0.462 e. The first-order valence-electron chi connectivity index (χ1n) is 7.77. The molecule has 0 atom stereocenters. The van der Waals surface area contributed by atoms with Crippen molar-refractivity contribution in [3.63, 3.8) is 0 Å². The second kappa shape index (κ2) is 9.79. The topological polar surface area (TPSA) is 78.9 Å². The number of hydrogen-bond acceptors (Lipinski definition) is 6. The summed E-state index contributed by atoms with van der Waals surface area (Å²) in [5.74, 6) is -3.47. The van der Waals surface area contributed by atoms with Gasteiger partial charge in [-0.3, -0.25) is 14.4 Å². The number of ether oxygens (including phenoxy) is 3. The van der Waals surface area contributed by atoms with Crippen LogP contribution in [0, 0.1) is 5.41 Å². The summed E-state index contributed by atoms with van der Waals surface area (Å²) in [6.45, 7) is 4.38. The Kier molecular flexibility index (Phi) is 9.06. The van der Waals surface area contributed by atoms with Crippen molar-refractivity contribution in [2.75, 3.05) is 13.2 Å². The maximum Gasteiger partial charge on any atom is 0.434 e. The van der Waals surface area contributed by atoms with Crippen molar-refractivity contribution in [1.82, 2.24) is 0 Å². The van der Waals surface area contributed by atoms with Crippen LogP contribution in [-0.4, -0.2) is 49.6 Å². The molecule has 6 nitrogen and oxygen atoms in total. The van der Waals surface area contributed by atoms with Gasteiger partial charge in [0.05, 0.1) is 18.3 Å². The number of carbonyl (C=O) groups excluding carboxylic acids is 3. The second-order valence-corrected chi connectivity index (χ2v) is 6.05. The molecule has 0 spiro atoms. The average Bonchev–Trinajstić information content (AvgIpc) is 2.52. The normalized spacial score (nSPS) is 12.7. The number of alkyl halides is 6. The first-order valence-corrected chi connectivity index (χ1v) is 7.77. The number of esters is 3. The standard InChI is InChI=1S/C15H20F6O6/c1-4-13(2,3)12(24)26-8-7-25-9(22)5-6-10(23)27-11(14(16,17)18)15(19,20)21/h11H,4-8H2,1-3H3. The average molecular weight is 410 g/mol. The van der Waals surface area contributed by atoms with E-state index in [1.807, 2.05) is 0 Å². The lowest BCUT2D eigenvalue weighted by molar-refractivity contribution is -0.313. The molecular formula is C15H20F6O6. The van der Waals surface area contributed by atoms with Gasteiger partial charge < -0.3 is 14.2 Å². The van der Waals surface area contributed by atoms with Crippen LogP contribution < -0.4 is 0 Å². The Bertz CT molecular complexity index is 512. The second-order valence-electron chi connectivity index (χ2n) is 6.05. The van der Waals surface area contributed by atoms with Crippen LogP contribution in [0.2, 0.25) is 0 Å². The van der Waals surface area contributed by atoms with Gasteiger partial charge in [-0.15, -0.1) is 0 Å². The van der Waals surface area contributed by atoms with E-state index in [1.165, 1.54) is 0 Å². The zero-order valence-corrected chi connectivity index (χ0v) is 14.8. The summed E-state index contributed by atoms with van der Waals surface area (Å²) < 4.78 is 86.1. The van der Waals surface area contributed by atoms with Crippen LogP contribution in [0.25, 0.3) is 0 Å². The van der Waals surface area contributed by atoms with E-state index in [-0.39, 0.29) is 13.2 Å². The molecule has 0 heterocycles. The highest BCUT2D eigenvalue weighted by Crippen LogP contribution is 2.35. The van der Waals surface area contributed by atoms with E-state index in [1.54, 1.807) is 20.8 Å². The van der Waals surface area contributed by atoms with Crippen molar-refractivity contribution < 1.29 is 54.9 Å². The monoisotopic (exact) mass is 410 g/mol. The first kappa shape index (κ1) is 25.0. The smallest absolute Gasteiger partial charge is 0.434 e. The van der Waals surface area contributed by atoms with Crippen molar-refractivity contribution in [2.24, 2.45) is 5.41 Å². The highest BCUT2D eigenvalue weighted by Gasteiger charge is 2.59. The summed E-state index contributed by atoms with van der Waals surface area (Å²) in [5, 5.41) is 0. The molecule has 0 radical (unpaired) electrons. The lowest BCUT2D eigenvalue weighted by Gasteiger charge is -2.22. The molecule has 0 aliphatic carbocycles. The van der Waals surface area contributed by atoms with Crippen molar-refractivity contribution in [3.05, 3.63) is 0 Å². The van der Waals surface area contributed by atoms with Crippen LogP contribution in [0.1, 0.15) is 40.0 Å². The molecule has 0 aliphatic rings. The van der Waals surface area contributed by atoms with Gasteiger partial charge in [-0.25, -0.2) is 0 Å². The fraction of sp³-hybridized carbons (Fsp3) is 0.800. The molecule has 12 heteroatoms. The summed E-state index contributed by atoms with van der Waals surface area (Å²) in [7, 11) is 0. The largest absolute Gasteiger partial charge is 0.462 e. The molecule has 0 saturated carbocycles. The fourth-order valence-electron chi connectivity index (χ4n) is 1.42. The summed E-state index contributed by atoms with van der Waals surface area (Å²) in [5.41, 5.74) is -0.735. The molecule has 27 heavy (non-hydrogen) atoms. The van der Waals surface area contributed by atoms with Crippen LogP contribution in [0.5, 0.6) is 0 Å². The van der Waals surface area contributed by atoms with Gasteiger partial charge in [0, 0.05) is 0 Å². The lowest BCUT2D eigenvalue weighted by atomic mass is 9.91. The molecule has 0 saturated heterocycles. The van der Waals surface area contributed by atoms with Gasteiger partial charge in [0.2, 0.25) is 0 Å². The Labute approximate surface area is 151 Å². The van der Waals surface area contributed by atoms with Crippen LogP contribution in [0.4, 0.5) is 26.3 Å². The van der Waals surface area contributed by atoms with Crippen molar-refractivity contribution in [2.45, 2.75) is 58.5 Å². The van der Waals surface area contributed by atoms with Crippen molar-refractivity contribution in [3.8, 4) is 0 Å². The third-order valence-electron chi connectivity index (χ3n) is 3.39. The van der Waals surface area contributed by atoms with Gasteiger partial charge in [0.15, 0.2) is 0 Å². The number of carbonyl (C=O) groups is 3. The highest BCUT2D eigenvalue weighted by atomic mass is 19.4. The van der Waals surface area contributed by atoms with Gasteiger partial charge in [0.1, 0.15) is 13.2 Å². The lowest BCUT2D eigenvalue weighted by Crippen LogP contribution is -2.45. The SMILES string of the molecule is CCC(C)(C)C(=O)OCCOC(=O)CCC(=O)OC(C(F)(F)F)C(F)(F)F. The Morgan fingerprint density at radius 2 is 1.26 bits per heavy atom. The van der Waals surface area contributed by atoms with E-state index in [4.69, 9.17) is 4.74 Å². The molecule has 0 amide bonds. The van der Waals surface area contributed by atoms with E-state index in [9.17, 15) is 40.7 Å². The molecule has 0 bridgehead atoms. The van der Waals surface area contributed by atoms with E-state index in [0.29, 0.717) is 6.42 Å². The molecule has 0 aromatic carbocycles. The molecular weight excluding hydrogens is 390 g/mol. The molecule has 0 aromatic heterocycles. The summed E-state index contributed by atoms with van der Waals surface area (Å²) in [6, 6.07) is 0. The van der Waals surface area contributed by atoms with Gasteiger partial charge in [0.25, 0.3) is 6.10 Å². The zero-order chi connectivity index (χ0) is 21.5. The van der Waals surface area contributed by atoms with Crippen LogP contribution in [0.3, 0.4) is 0 Å². The summed E-state index contributed by atoms with van der Waals surface area (Å²) in [4.78, 5) is 34.0. The maximum absolute atomic E-state index is 12.2. The Balaban J connectivity index is 4.25. The summed E-state index contributed by atoms with van der Waals surface area (Å²) in [6.07, 6.45) is -17.3. The first-order chi connectivity index (χ1) is 12.1. The third kappa shape index (κ3) is 9.48. The number of halogens is 6. The molecule has 0 rings (SSSR count). The van der Waals surface area contributed by atoms with E-state index < -0.39 is 54.6 Å². The van der Waals surface area contributed by atoms with Gasteiger partial charge in [-0.2, -0.15) is 26.3 Å². The number of rotatable bonds is 9. The predicted octanol–water partition coefficient (Wildman–Crippen LogP) is 3.33. The molecule has 0 aromatic rings. The minimum atomic E-state index is -5.83. The van der Waals surface area contributed by atoms with Crippen LogP contribution in [0.15, 0.2) is 0 Å². The van der Waals surface area contributed by atoms with E-state index in [2.05, 4.69) is 9.47 Å². The van der Waals surface area contributed by atoms with Crippen molar-refractivity contribution >= 4 is 17.9 Å². The van der Waals surface area contributed by atoms with Gasteiger partial charge in [-0.1, -0.05) is 6.92 Å². The highest BCUT2D eigenvalue weighted by molar-refractivity contribution is 5.78. The fourth-order valence-corrected chi connectivity index (χ4v) is 1.42. The van der Waals surface area contributed by atoms with Gasteiger partial charge >= 0.3 is 30.3 Å². The van der Waals surface area contributed by atoms with Crippen molar-refractivity contribution in [1.29, 1.82) is 0 Å². The van der Waals surface area contributed by atoms with E-state index in [0.717, 1.165) is 0 Å². The molecule has 0 aliphatic heterocycles. The van der Waals surface area contributed by atoms with Crippen LogP contribution >= 0.6 is 0 Å². The molecule has 0 N–H and O–H groups in total. The molecule has 158 valence electrons. The molecule has 0 fully saturated rings. The summed E-state index contributed by atoms with van der Waals surface area (Å²) >= 11 is 0. The number of hydrogen-bond donors (Lipinski definition) is 0. The third-order valence-corrected chi connectivity index (χ3v) is 3.39. The predicted molar refractivity (Wildman–Crippen MR) is 77.2 cm³/mol. The van der Waals surface area contributed by atoms with Gasteiger partial charge in [-0.05, 0) is 20.3 Å². The minimum absolute atomic E-state index is 0.289. The zero-order valence-electron chi connectivity index (χ0n) is 14.8. The quantitative estimate of drug-likeness (QED) is 0.251. The molecule has 0 unspecified atom stereocenters. The van der Waals surface area contributed by atoms with E-state index >= 15 is 0 Å².